The summed E-state index contributed by atoms with van der Waals surface area (Å²) in [6.45, 7) is 2.35. The van der Waals surface area contributed by atoms with Gasteiger partial charge < -0.3 is 15.0 Å². The van der Waals surface area contributed by atoms with Crippen molar-refractivity contribution in [2.45, 2.75) is 31.3 Å². The predicted molar refractivity (Wildman–Crippen MR) is 120 cm³/mol. The van der Waals surface area contributed by atoms with E-state index in [1.165, 1.54) is 0 Å². The van der Waals surface area contributed by atoms with E-state index in [4.69, 9.17) is 4.74 Å². The Morgan fingerprint density at radius 2 is 1.56 bits per heavy atom. The van der Waals surface area contributed by atoms with Gasteiger partial charge in [0.1, 0.15) is 11.9 Å². The number of halogens is 4. The van der Waals surface area contributed by atoms with E-state index in [0.717, 1.165) is 17.7 Å². The molecule has 0 aromatic heterocycles. The second-order valence-corrected chi connectivity index (χ2v) is 8.26. The summed E-state index contributed by atoms with van der Waals surface area (Å²) in [6, 6.07) is 20.1. The summed E-state index contributed by atoms with van der Waals surface area (Å²) in [4.78, 5) is 14.1. The molecule has 0 radical (unpaired) electrons. The molecule has 1 aliphatic heterocycles. The minimum absolute atomic E-state index is 0.166. The third-order valence-corrected chi connectivity index (χ3v) is 5.81. The van der Waals surface area contributed by atoms with Crippen molar-refractivity contribution in [3.05, 3.63) is 107 Å². The summed E-state index contributed by atoms with van der Waals surface area (Å²) in [7, 11) is 0. The number of benzene rings is 3. The molecular formula is C26H24F4N2O2. The molecule has 1 heterocycles. The Hall–Kier alpha value is -3.39. The quantitative estimate of drug-likeness (QED) is 0.440. The van der Waals surface area contributed by atoms with Gasteiger partial charge in [-0.1, -0.05) is 66.7 Å². The standard InChI is InChI=1S/C26H24F4N2O2/c1-17(18-8-4-2-5-9-18)31-25(33)32-15-21(16-32)34-24(19-10-6-3-7-11-19)22-13-12-20(27)14-23(22)26(28,29)30/h2-14,17,21,24H,15-16H2,1H3,(H,31,33)/t17-,24?/m0/s1. The zero-order valence-corrected chi connectivity index (χ0v) is 18.4. The third kappa shape index (κ3) is 5.39. The number of carbonyl (C=O) groups excluding carboxylic acids is 1. The van der Waals surface area contributed by atoms with Gasteiger partial charge in [0, 0.05) is 0 Å². The first-order valence-electron chi connectivity index (χ1n) is 10.9. The topological polar surface area (TPSA) is 41.6 Å². The van der Waals surface area contributed by atoms with Crippen molar-refractivity contribution in [3.8, 4) is 0 Å². The van der Waals surface area contributed by atoms with Gasteiger partial charge in [0.15, 0.2) is 0 Å². The molecule has 4 rings (SSSR count). The van der Waals surface area contributed by atoms with E-state index in [2.05, 4.69) is 5.32 Å². The molecule has 34 heavy (non-hydrogen) atoms. The lowest BCUT2D eigenvalue weighted by atomic mass is 9.95. The number of alkyl halides is 3. The summed E-state index contributed by atoms with van der Waals surface area (Å²) in [6.07, 6.45) is -6.27. The third-order valence-electron chi connectivity index (χ3n) is 5.81. The summed E-state index contributed by atoms with van der Waals surface area (Å²) in [5.41, 5.74) is 0.233. The van der Waals surface area contributed by atoms with Crippen LogP contribution in [-0.4, -0.2) is 30.1 Å². The van der Waals surface area contributed by atoms with Gasteiger partial charge in [-0.05, 0) is 35.7 Å². The molecule has 4 nitrogen and oxygen atoms in total. The maximum Gasteiger partial charge on any atom is 0.416 e. The Morgan fingerprint density at radius 3 is 2.15 bits per heavy atom. The fraction of sp³-hybridized carbons (Fsp3) is 0.269. The first kappa shape index (κ1) is 23.8. The van der Waals surface area contributed by atoms with Crippen LogP contribution in [-0.2, 0) is 10.9 Å². The normalized spacial score (nSPS) is 16.0. The average molecular weight is 472 g/mol. The van der Waals surface area contributed by atoms with Crippen LogP contribution in [0.4, 0.5) is 22.4 Å². The molecule has 1 unspecified atom stereocenters. The van der Waals surface area contributed by atoms with Gasteiger partial charge in [0.2, 0.25) is 0 Å². The van der Waals surface area contributed by atoms with Gasteiger partial charge in [-0.25, -0.2) is 9.18 Å². The van der Waals surface area contributed by atoms with Gasteiger partial charge in [-0.15, -0.1) is 0 Å². The molecule has 0 spiro atoms. The highest BCUT2D eigenvalue weighted by Gasteiger charge is 2.39. The van der Waals surface area contributed by atoms with E-state index < -0.39 is 29.8 Å². The number of hydrogen-bond acceptors (Lipinski definition) is 2. The summed E-state index contributed by atoms with van der Waals surface area (Å²) in [5.74, 6) is -0.970. The lowest BCUT2D eigenvalue weighted by Crippen LogP contribution is -2.58. The Labute approximate surface area is 195 Å². The fourth-order valence-corrected chi connectivity index (χ4v) is 3.95. The number of likely N-dealkylation sites (tertiary alicyclic amines) is 1. The number of rotatable bonds is 6. The van der Waals surface area contributed by atoms with Gasteiger partial charge in [-0.3, -0.25) is 0 Å². The van der Waals surface area contributed by atoms with Crippen molar-refractivity contribution >= 4 is 6.03 Å². The zero-order chi connectivity index (χ0) is 24.3. The number of ether oxygens (including phenoxy) is 1. The molecule has 0 saturated carbocycles. The lowest BCUT2D eigenvalue weighted by molar-refractivity contribution is -0.140. The minimum Gasteiger partial charge on any atom is -0.362 e. The monoisotopic (exact) mass is 472 g/mol. The molecule has 1 N–H and O–H groups in total. The summed E-state index contributed by atoms with van der Waals surface area (Å²) < 4.78 is 60.8. The van der Waals surface area contributed by atoms with Gasteiger partial charge in [0.05, 0.1) is 30.8 Å². The van der Waals surface area contributed by atoms with Gasteiger partial charge in [-0.2, -0.15) is 13.2 Å². The Kier molecular flexibility index (Phi) is 6.88. The largest absolute Gasteiger partial charge is 0.416 e. The van der Waals surface area contributed by atoms with E-state index in [0.29, 0.717) is 11.6 Å². The molecule has 0 aliphatic carbocycles. The van der Waals surface area contributed by atoms with Crippen LogP contribution in [0.2, 0.25) is 0 Å². The highest BCUT2D eigenvalue weighted by Crippen LogP contribution is 2.39. The average Bonchev–Trinajstić information content (AvgIpc) is 2.79. The Bertz CT molecular complexity index is 1120. The van der Waals surface area contributed by atoms with Crippen LogP contribution in [0.15, 0.2) is 78.9 Å². The first-order valence-corrected chi connectivity index (χ1v) is 10.9. The molecule has 1 saturated heterocycles. The van der Waals surface area contributed by atoms with Crippen molar-refractivity contribution in [1.82, 2.24) is 10.2 Å². The van der Waals surface area contributed by atoms with Crippen molar-refractivity contribution in [2.75, 3.05) is 13.1 Å². The molecule has 1 fully saturated rings. The number of urea groups is 1. The zero-order valence-electron chi connectivity index (χ0n) is 18.4. The molecule has 3 aromatic carbocycles. The van der Waals surface area contributed by atoms with E-state index >= 15 is 0 Å². The van der Waals surface area contributed by atoms with E-state index in [9.17, 15) is 22.4 Å². The highest BCUT2D eigenvalue weighted by molar-refractivity contribution is 5.75. The molecular weight excluding hydrogens is 448 g/mol. The van der Waals surface area contributed by atoms with E-state index in [-0.39, 0.29) is 30.7 Å². The van der Waals surface area contributed by atoms with Crippen molar-refractivity contribution in [2.24, 2.45) is 0 Å². The van der Waals surface area contributed by atoms with Gasteiger partial charge in [0.25, 0.3) is 0 Å². The Morgan fingerprint density at radius 1 is 0.971 bits per heavy atom. The molecule has 1 aliphatic rings. The summed E-state index contributed by atoms with van der Waals surface area (Å²) in [5, 5.41) is 2.91. The summed E-state index contributed by atoms with van der Waals surface area (Å²) >= 11 is 0. The van der Waals surface area contributed by atoms with Crippen LogP contribution in [0.1, 0.15) is 41.3 Å². The van der Waals surface area contributed by atoms with Crippen LogP contribution in [0.25, 0.3) is 0 Å². The lowest BCUT2D eigenvalue weighted by Gasteiger charge is -2.41. The minimum atomic E-state index is -4.74. The second kappa shape index (κ2) is 9.85. The van der Waals surface area contributed by atoms with Crippen molar-refractivity contribution in [3.63, 3.8) is 0 Å². The predicted octanol–water partition coefficient (Wildman–Crippen LogP) is 6.11. The first-order chi connectivity index (χ1) is 16.2. The Balaban J connectivity index is 1.47. The maximum absolute atomic E-state index is 13.7. The number of amides is 2. The SMILES string of the molecule is C[C@H](NC(=O)N1CC(OC(c2ccccc2)c2ccc(F)cc2C(F)(F)F)C1)c1ccccc1. The van der Waals surface area contributed by atoms with Crippen LogP contribution < -0.4 is 5.32 Å². The fourth-order valence-electron chi connectivity index (χ4n) is 3.95. The van der Waals surface area contributed by atoms with E-state index in [1.54, 1.807) is 35.2 Å². The number of hydrogen-bond donors (Lipinski definition) is 1. The van der Waals surface area contributed by atoms with Crippen molar-refractivity contribution in [1.29, 1.82) is 0 Å². The smallest absolute Gasteiger partial charge is 0.362 e. The number of carbonyl (C=O) groups is 1. The highest BCUT2D eigenvalue weighted by atomic mass is 19.4. The van der Waals surface area contributed by atoms with Gasteiger partial charge >= 0.3 is 12.2 Å². The van der Waals surface area contributed by atoms with Crippen molar-refractivity contribution < 1.29 is 27.1 Å². The molecule has 8 heteroatoms. The molecule has 3 aromatic rings. The molecule has 2 atom stereocenters. The maximum atomic E-state index is 13.7. The number of nitrogens with zero attached hydrogens (tertiary/aromatic N) is 1. The second-order valence-electron chi connectivity index (χ2n) is 8.26. The van der Waals surface area contributed by atoms with Crippen LogP contribution >= 0.6 is 0 Å². The molecule has 2 amide bonds. The van der Waals surface area contributed by atoms with Crippen LogP contribution in [0, 0.1) is 5.82 Å². The molecule has 178 valence electrons. The van der Waals surface area contributed by atoms with E-state index in [1.807, 2.05) is 37.3 Å². The van der Waals surface area contributed by atoms with Crippen LogP contribution in [0.5, 0.6) is 0 Å². The number of nitrogens with one attached hydrogen (secondary N) is 1. The van der Waals surface area contributed by atoms with Crippen LogP contribution in [0.3, 0.4) is 0 Å². The molecule has 0 bridgehead atoms.